The molecule has 1 heterocycles. The van der Waals surface area contributed by atoms with E-state index in [1.165, 1.54) is 29.9 Å². The first kappa shape index (κ1) is 15.5. The molecule has 0 amide bonds. The predicted molar refractivity (Wildman–Crippen MR) is 79.8 cm³/mol. The number of hydrogen-bond acceptors (Lipinski definition) is 0. The maximum atomic E-state index is 2.41. The van der Waals surface area contributed by atoms with Crippen LogP contribution in [0.3, 0.4) is 0 Å². The second kappa shape index (κ2) is 6.04. The summed E-state index contributed by atoms with van der Waals surface area (Å²) in [6, 6.07) is 11.1. The number of aryl methyl sites for hydroxylation is 1. The fourth-order valence-electron chi connectivity index (χ4n) is 3.39. The molecular weight excluding hydrogens is 212 g/mol. The van der Waals surface area contributed by atoms with Gasteiger partial charge in [0.25, 0.3) is 0 Å². The van der Waals surface area contributed by atoms with Crippen molar-refractivity contribution < 1.29 is 18.9 Å². The predicted octanol–water partition coefficient (Wildman–Crippen LogP) is 0.898. The number of hydrogen-bond donors (Lipinski definition) is 0. The van der Waals surface area contributed by atoms with E-state index in [4.69, 9.17) is 0 Å². The Hall–Kier alpha value is -0.578. The molecule has 1 aromatic heterocycles. The zero-order valence-corrected chi connectivity index (χ0v) is 12.5. The number of fused-ring (bicyclic) bond motifs is 1. The minimum atomic E-state index is -0.379. The van der Waals surface area contributed by atoms with Gasteiger partial charge >= 0.3 is 18.9 Å². The van der Waals surface area contributed by atoms with Gasteiger partial charge in [-0.15, -0.1) is 5.59 Å². The van der Waals surface area contributed by atoms with E-state index in [0.29, 0.717) is 0 Å². The van der Waals surface area contributed by atoms with Crippen LogP contribution in [0.2, 0.25) is 19.0 Å². The fraction of sp³-hybridized carbons (Fsp3) is 0.467. The van der Waals surface area contributed by atoms with E-state index in [1.807, 2.05) is 0 Å². The van der Waals surface area contributed by atoms with Crippen LogP contribution in [0.5, 0.6) is 0 Å². The van der Waals surface area contributed by atoms with Crippen LogP contribution in [0.4, 0.5) is 0 Å². The average molecular weight is 235 g/mol. The topological polar surface area (TPSA) is 4.93 Å². The van der Waals surface area contributed by atoms with Crippen LogP contribution in [-0.2, 0) is 7.05 Å². The molecule has 0 bridgehead atoms. The van der Waals surface area contributed by atoms with Gasteiger partial charge in [-0.1, -0.05) is 45.0 Å². The Balaban J connectivity index is 0.00000162. The zero-order valence-electron chi connectivity index (χ0n) is 12.5. The number of benzene rings is 1. The van der Waals surface area contributed by atoms with E-state index in [-0.39, 0.29) is 25.0 Å². The fourth-order valence-corrected chi connectivity index (χ4v) is 3.39. The normalized spacial score (nSPS) is 11.6. The standard InChI is InChI=1S/C15H23BN.Li/c1-5-16(6-2,7-3)15-12-13-10-8-9-11-14(13)17(15)4;/h8-12H,5-7H2,1-4H3;/q-1;+1. The van der Waals surface area contributed by atoms with Crippen LogP contribution in [-0.4, -0.2) is 10.7 Å². The molecule has 18 heavy (non-hydrogen) atoms. The van der Waals surface area contributed by atoms with Gasteiger partial charge in [-0.05, 0) is 11.5 Å². The monoisotopic (exact) mass is 235 g/mol. The number of rotatable bonds is 4. The molecule has 1 aromatic carbocycles. The Morgan fingerprint density at radius 3 is 2.06 bits per heavy atom. The van der Waals surface area contributed by atoms with Gasteiger partial charge in [-0.3, -0.25) is 0 Å². The number of nitrogens with zero attached hydrogens (tertiary/aromatic N) is 1. The van der Waals surface area contributed by atoms with E-state index < -0.39 is 0 Å². The van der Waals surface area contributed by atoms with E-state index in [1.54, 1.807) is 5.59 Å². The van der Waals surface area contributed by atoms with Crippen molar-refractivity contribution in [2.75, 3.05) is 0 Å². The quantitative estimate of drug-likeness (QED) is 0.694. The summed E-state index contributed by atoms with van der Waals surface area (Å²) in [5, 5.41) is 1.38. The molecule has 92 valence electrons. The maximum absolute atomic E-state index is 2.41. The maximum Gasteiger partial charge on any atom is 1.00 e. The second-order valence-electron chi connectivity index (χ2n) is 5.39. The largest absolute Gasteiger partial charge is 1.00 e. The van der Waals surface area contributed by atoms with Crippen LogP contribution in [0, 0.1) is 0 Å². The van der Waals surface area contributed by atoms with Gasteiger partial charge < -0.3 is 4.57 Å². The molecule has 0 aliphatic rings. The van der Waals surface area contributed by atoms with E-state index in [2.05, 4.69) is 62.7 Å². The summed E-state index contributed by atoms with van der Waals surface area (Å²) in [5.74, 6) is 0. The second-order valence-corrected chi connectivity index (χ2v) is 5.39. The Morgan fingerprint density at radius 2 is 1.56 bits per heavy atom. The molecule has 0 spiro atoms. The average Bonchev–Trinajstić information content (AvgIpc) is 2.72. The minimum Gasteiger partial charge on any atom is -0.386 e. The van der Waals surface area contributed by atoms with Crippen molar-refractivity contribution in [1.29, 1.82) is 0 Å². The van der Waals surface area contributed by atoms with Crippen molar-refractivity contribution in [3.63, 3.8) is 0 Å². The third-order valence-electron chi connectivity index (χ3n) is 4.96. The van der Waals surface area contributed by atoms with Gasteiger partial charge in [0.05, 0.1) is 0 Å². The molecule has 0 unspecified atom stereocenters. The summed E-state index contributed by atoms with van der Waals surface area (Å²) in [6.07, 6.45) is 3.45. The van der Waals surface area contributed by atoms with Crippen molar-refractivity contribution in [3.05, 3.63) is 30.3 Å². The Labute approximate surface area is 123 Å². The molecule has 0 radical (unpaired) electrons. The van der Waals surface area contributed by atoms with Crippen molar-refractivity contribution in [1.82, 2.24) is 4.57 Å². The molecule has 2 aromatic rings. The molecule has 3 heteroatoms. The molecule has 0 atom stereocenters. The smallest absolute Gasteiger partial charge is 0.386 e. The van der Waals surface area contributed by atoms with Gasteiger partial charge in [-0.2, -0.15) is 19.0 Å². The van der Waals surface area contributed by atoms with Gasteiger partial charge in [0, 0.05) is 18.7 Å². The molecule has 0 fully saturated rings. The van der Waals surface area contributed by atoms with Crippen molar-refractivity contribution in [2.24, 2.45) is 7.05 Å². The molecule has 0 N–H and O–H groups in total. The Morgan fingerprint density at radius 1 is 1.00 bits per heavy atom. The van der Waals surface area contributed by atoms with Crippen molar-refractivity contribution in [2.45, 2.75) is 39.7 Å². The third kappa shape index (κ3) is 2.29. The summed E-state index contributed by atoms with van der Waals surface area (Å²) in [4.78, 5) is 0. The first-order chi connectivity index (χ1) is 8.18. The first-order valence-corrected chi connectivity index (χ1v) is 6.93. The molecule has 0 aliphatic carbocycles. The molecule has 0 saturated carbocycles. The zero-order chi connectivity index (χ0) is 12.5. The third-order valence-corrected chi connectivity index (χ3v) is 4.96. The van der Waals surface area contributed by atoms with Gasteiger partial charge in [0.1, 0.15) is 0 Å². The van der Waals surface area contributed by atoms with Crippen molar-refractivity contribution in [3.8, 4) is 0 Å². The van der Waals surface area contributed by atoms with Crippen LogP contribution in [0.15, 0.2) is 30.3 Å². The molecule has 0 saturated heterocycles. The summed E-state index contributed by atoms with van der Waals surface area (Å²) >= 11 is 0. The van der Waals surface area contributed by atoms with Crippen molar-refractivity contribution >= 4 is 22.6 Å². The van der Waals surface area contributed by atoms with Crippen LogP contribution in [0.1, 0.15) is 20.8 Å². The minimum absolute atomic E-state index is 0. The van der Waals surface area contributed by atoms with Gasteiger partial charge in [0.2, 0.25) is 0 Å². The number of aromatic nitrogens is 1. The summed E-state index contributed by atoms with van der Waals surface area (Å²) in [7, 11) is 2.22. The van der Waals surface area contributed by atoms with Gasteiger partial charge in [0.15, 0.2) is 0 Å². The molecule has 1 nitrogen and oxygen atoms in total. The van der Waals surface area contributed by atoms with E-state index in [9.17, 15) is 0 Å². The number of para-hydroxylation sites is 1. The van der Waals surface area contributed by atoms with Crippen LogP contribution in [0.25, 0.3) is 10.9 Å². The van der Waals surface area contributed by atoms with E-state index >= 15 is 0 Å². The molecular formula is C15H23BLiN. The Bertz CT molecular complexity index is 506. The first-order valence-electron chi connectivity index (χ1n) is 6.93. The summed E-state index contributed by atoms with van der Waals surface area (Å²) in [5.41, 5.74) is 2.92. The molecule has 0 aliphatic heterocycles. The van der Waals surface area contributed by atoms with Crippen LogP contribution >= 0.6 is 0 Å². The SMILES string of the molecule is CC[B-](CC)(CC)c1cc2ccccc2n1C.[Li+]. The summed E-state index contributed by atoms with van der Waals surface area (Å²) in [6.45, 7) is 7.01. The molecule has 2 rings (SSSR count). The Kier molecular flexibility index (Phi) is 5.20. The van der Waals surface area contributed by atoms with E-state index in [0.717, 1.165) is 0 Å². The summed E-state index contributed by atoms with van der Waals surface area (Å²) < 4.78 is 2.41. The van der Waals surface area contributed by atoms with Gasteiger partial charge in [-0.25, -0.2) is 0 Å². The van der Waals surface area contributed by atoms with Crippen LogP contribution < -0.4 is 24.5 Å².